The third-order valence-electron chi connectivity index (χ3n) is 7.37. The van der Waals surface area contributed by atoms with Crippen LogP contribution < -0.4 is 21.3 Å². The lowest BCUT2D eigenvalue weighted by molar-refractivity contribution is -0.123. The van der Waals surface area contributed by atoms with Gasteiger partial charge in [0.2, 0.25) is 5.91 Å². The van der Waals surface area contributed by atoms with Crippen molar-refractivity contribution < 1.29 is 9.59 Å². The van der Waals surface area contributed by atoms with Gasteiger partial charge < -0.3 is 21.3 Å². The van der Waals surface area contributed by atoms with Crippen LogP contribution in [0.25, 0.3) is 10.8 Å². The number of carbonyl (C=O) groups excluding carboxylic acids is 2. The number of hydrogen-bond donors (Lipinski definition) is 4. The quantitative estimate of drug-likeness (QED) is 0.163. The molecule has 5 rings (SSSR count). The summed E-state index contributed by atoms with van der Waals surface area (Å²) in [5.41, 5.74) is 3.60. The van der Waals surface area contributed by atoms with Crippen LogP contribution in [0.4, 0.5) is 0 Å². The molecule has 2 heterocycles. The van der Waals surface area contributed by atoms with Gasteiger partial charge in [0, 0.05) is 37.1 Å². The van der Waals surface area contributed by atoms with Gasteiger partial charge in [-0.3, -0.25) is 19.6 Å². The molecular weight excluding hydrogens is 556 g/mol. The summed E-state index contributed by atoms with van der Waals surface area (Å²) in [6.45, 7) is 4.98. The number of aromatic nitrogens is 1. The summed E-state index contributed by atoms with van der Waals surface area (Å²) in [5, 5.41) is 16.0. The average molecular weight is 595 g/mol. The minimum Gasteiger partial charge on any atom is -0.363 e. The van der Waals surface area contributed by atoms with E-state index in [4.69, 9.17) is 0 Å². The minimum atomic E-state index is -0.663. The molecule has 0 unspecified atom stereocenters. The summed E-state index contributed by atoms with van der Waals surface area (Å²) in [5.74, 6) is 0.357. The number of hydrogen-bond acceptors (Lipinski definition) is 7. The fourth-order valence-electron chi connectivity index (χ4n) is 5.07. The van der Waals surface area contributed by atoms with Crippen molar-refractivity contribution >= 4 is 39.5 Å². The van der Waals surface area contributed by atoms with Crippen LogP contribution in [-0.2, 0) is 17.9 Å². The number of carbonyl (C=O) groups is 2. The Bertz CT molecular complexity index is 1540. The number of amides is 2. The van der Waals surface area contributed by atoms with Crippen molar-refractivity contribution in [3.8, 4) is 0 Å². The first-order chi connectivity index (χ1) is 21.1. The van der Waals surface area contributed by atoms with Gasteiger partial charge in [-0.2, -0.15) is 0 Å². The first-order valence-corrected chi connectivity index (χ1v) is 15.7. The van der Waals surface area contributed by atoms with E-state index in [0.29, 0.717) is 25.1 Å². The van der Waals surface area contributed by atoms with Crippen LogP contribution in [0.3, 0.4) is 0 Å². The third-order valence-corrected chi connectivity index (χ3v) is 8.41. The Kier molecular flexibility index (Phi) is 10.8. The molecule has 0 saturated carbocycles. The van der Waals surface area contributed by atoms with E-state index in [1.807, 2.05) is 61.5 Å². The lowest BCUT2D eigenvalue weighted by Gasteiger charge is -2.22. The van der Waals surface area contributed by atoms with E-state index in [1.165, 1.54) is 0 Å². The van der Waals surface area contributed by atoms with Crippen molar-refractivity contribution in [2.24, 2.45) is 4.99 Å². The molecule has 1 aliphatic rings. The molecule has 1 aliphatic heterocycles. The SMILES string of the molecule is C[C@H](NC(=O)[C@H](CCCSC1=NCCN1)NC(=O)c1ccc(CNCc2ccccn2)cc1)c1cccc2ccccc12. The maximum atomic E-state index is 13.6. The average Bonchev–Trinajstić information content (AvgIpc) is 3.56. The zero-order chi connectivity index (χ0) is 29.9. The fraction of sp³-hybridized carbons (Fsp3) is 0.294. The molecule has 0 bridgehead atoms. The summed E-state index contributed by atoms with van der Waals surface area (Å²) in [4.78, 5) is 35.6. The van der Waals surface area contributed by atoms with Crippen molar-refractivity contribution in [3.63, 3.8) is 0 Å². The van der Waals surface area contributed by atoms with E-state index in [1.54, 1.807) is 30.1 Å². The van der Waals surface area contributed by atoms with E-state index in [9.17, 15) is 9.59 Å². The van der Waals surface area contributed by atoms with Gasteiger partial charge in [-0.25, -0.2) is 0 Å². The predicted molar refractivity (Wildman–Crippen MR) is 175 cm³/mol. The van der Waals surface area contributed by atoms with Crippen LogP contribution in [0, 0.1) is 0 Å². The summed E-state index contributed by atoms with van der Waals surface area (Å²) in [6.07, 6.45) is 3.06. The van der Waals surface area contributed by atoms with Crippen molar-refractivity contribution in [2.45, 2.75) is 44.9 Å². The Balaban J connectivity index is 1.20. The molecule has 2 atom stereocenters. The second-order valence-corrected chi connectivity index (χ2v) is 11.6. The number of thioether (sulfide) groups is 1. The van der Waals surface area contributed by atoms with E-state index in [-0.39, 0.29) is 17.9 Å². The van der Waals surface area contributed by atoms with Gasteiger partial charge in [-0.15, -0.1) is 0 Å². The highest BCUT2D eigenvalue weighted by atomic mass is 32.2. The number of amidine groups is 1. The highest BCUT2D eigenvalue weighted by Crippen LogP contribution is 2.24. The van der Waals surface area contributed by atoms with Gasteiger partial charge in [0.1, 0.15) is 6.04 Å². The standard InChI is InChI=1S/C34H38N6O2S/c1-24(29-12-6-9-26-8-2-3-11-30(26)29)39-33(42)31(13-7-21-43-34-37-19-20-38-34)40-32(41)27-16-14-25(15-17-27)22-35-23-28-10-4-5-18-36-28/h2-6,8-12,14-18,24,31,35H,7,13,19-23H2,1H3,(H,37,38)(H,39,42)(H,40,41)/t24-,31-/m0/s1. The predicted octanol–water partition coefficient (Wildman–Crippen LogP) is 4.97. The highest BCUT2D eigenvalue weighted by molar-refractivity contribution is 8.13. The minimum absolute atomic E-state index is 0.189. The summed E-state index contributed by atoms with van der Waals surface area (Å²) in [7, 11) is 0. The van der Waals surface area contributed by atoms with E-state index >= 15 is 0 Å². The molecule has 43 heavy (non-hydrogen) atoms. The van der Waals surface area contributed by atoms with Crippen LogP contribution >= 0.6 is 11.8 Å². The zero-order valence-electron chi connectivity index (χ0n) is 24.4. The molecule has 0 saturated heterocycles. The first kappa shape index (κ1) is 30.3. The molecule has 222 valence electrons. The molecule has 4 aromatic rings. The summed E-state index contributed by atoms with van der Waals surface area (Å²) < 4.78 is 0. The largest absolute Gasteiger partial charge is 0.363 e. The monoisotopic (exact) mass is 594 g/mol. The van der Waals surface area contributed by atoms with Crippen molar-refractivity contribution in [2.75, 3.05) is 18.8 Å². The molecule has 0 spiro atoms. The molecule has 0 aliphatic carbocycles. The van der Waals surface area contributed by atoms with Crippen molar-refractivity contribution in [1.82, 2.24) is 26.3 Å². The molecule has 8 nitrogen and oxygen atoms in total. The first-order valence-electron chi connectivity index (χ1n) is 14.8. The maximum absolute atomic E-state index is 13.6. The Morgan fingerprint density at radius 3 is 2.53 bits per heavy atom. The second-order valence-electron chi connectivity index (χ2n) is 10.6. The van der Waals surface area contributed by atoms with Crippen molar-refractivity contribution in [3.05, 3.63) is 114 Å². The number of nitrogens with one attached hydrogen (secondary N) is 4. The number of fused-ring (bicyclic) bond motifs is 1. The number of rotatable bonds is 13. The maximum Gasteiger partial charge on any atom is 0.251 e. The summed E-state index contributed by atoms with van der Waals surface area (Å²) >= 11 is 1.66. The van der Waals surface area contributed by atoms with Gasteiger partial charge in [0.15, 0.2) is 5.17 Å². The molecular formula is C34H38N6O2S. The van der Waals surface area contributed by atoms with Gasteiger partial charge in [-0.1, -0.05) is 72.4 Å². The smallest absolute Gasteiger partial charge is 0.251 e. The second kappa shape index (κ2) is 15.3. The number of nitrogens with zero attached hydrogens (tertiary/aromatic N) is 2. The van der Waals surface area contributed by atoms with Crippen LogP contribution in [0.2, 0.25) is 0 Å². The molecule has 9 heteroatoms. The van der Waals surface area contributed by atoms with Crippen LogP contribution in [0.5, 0.6) is 0 Å². The summed E-state index contributed by atoms with van der Waals surface area (Å²) in [6, 6.07) is 26.7. The lowest BCUT2D eigenvalue weighted by Crippen LogP contribution is -2.47. The van der Waals surface area contributed by atoms with E-state index < -0.39 is 6.04 Å². The number of aliphatic imine (C=N–C) groups is 1. The van der Waals surface area contributed by atoms with Gasteiger partial charge in [-0.05, 0) is 65.9 Å². The number of benzene rings is 3. The Labute approximate surface area is 257 Å². The molecule has 3 aromatic carbocycles. The van der Waals surface area contributed by atoms with Crippen LogP contribution in [0.15, 0.2) is 96.1 Å². The highest BCUT2D eigenvalue weighted by Gasteiger charge is 2.24. The normalized spacial score (nSPS) is 14.0. The Morgan fingerprint density at radius 1 is 0.930 bits per heavy atom. The lowest BCUT2D eigenvalue weighted by atomic mass is 9.99. The Hall–Kier alpha value is -4.21. The van der Waals surface area contributed by atoms with Gasteiger partial charge in [0.05, 0.1) is 18.3 Å². The fourth-order valence-corrected chi connectivity index (χ4v) is 5.96. The molecule has 0 radical (unpaired) electrons. The topological polar surface area (TPSA) is 108 Å². The molecule has 1 aromatic heterocycles. The molecule has 2 amide bonds. The van der Waals surface area contributed by atoms with Crippen molar-refractivity contribution in [1.29, 1.82) is 0 Å². The van der Waals surface area contributed by atoms with E-state index in [0.717, 1.165) is 58.0 Å². The Morgan fingerprint density at radius 2 is 1.74 bits per heavy atom. The van der Waals surface area contributed by atoms with Gasteiger partial charge >= 0.3 is 0 Å². The number of pyridine rings is 1. The molecule has 0 fully saturated rings. The van der Waals surface area contributed by atoms with E-state index in [2.05, 4.69) is 49.4 Å². The zero-order valence-corrected chi connectivity index (χ0v) is 25.2. The van der Waals surface area contributed by atoms with Gasteiger partial charge in [0.25, 0.3) is 5.91 Å². The van der Waals surface area contributed by atoms with Crippen LogP contribution in [0.1, 0.15) is 53.0 Å². The third kappa shape index (κ3) is 8.65. The molecule has 4 N–H and O–H groups in total. The van der Waals surface area contributed by atoms with Crippen LogP contribution in [-0.4, -0.2) is 46.9 Å².